The van der Waals surface area contributed by atoms with Crippen LogP contribution in [0.4, 0.5) is 5.82 Å². The molecule has 1 saturated heterocycles. The molecule has 0 unspecified atom stereocenters. The molecule has 34 heavy (non-hydrogen) atoms. The van der Waals surface area contributed by atoms with Gasteiger partial charge in [-0.25, -0.2) is 4.57 Å². The van der Waals surface area contributed by atoms with Crippen molar-refractivity contribution in [3.63, 3.8) is 0 Å². The number of aromatic hydroxyl groups is 1. The van der Waals surface area contributed by atoms with Crippen molar-refractivity contribution in [2.75, 3.05) is 13.2 Å². The smallest absolute Gasteiger partial charge is 0.326 e. The van der Waals surface area contributed by atoms with Crippen molar-refractivity contribution in [3.05, 3.63) is 57.8 Å². The first-order valence-corrected chi connectivity index (χ1v) is 10.9. The number of carbonyl (C=O) groups excluding carboxylic acids is 1. The number of nitro groups is 1. The summed E-state index contributed by atoms with van der Waals surface area (Å²) in [5.41, 5.74) is 7.20. The normalized spacial score (nSPS) is 20.4. The third-order valence-electron chi connectivity index (χ3n) is 5.45. The van der Waals surface area contributed by atoms with E-state index in [9.17, 15) is 30.2 Å². The van der Waals surface area contributed by atoms with Gasteiger partial charge in [0.1, 0.15) is 18.1 Å². The van der Waals surface area contributed by atoms with Gasteiger partial charge in [0, 0.05) is 19.4 Å². The lowest BCUT2D eigenvalue weighted by Crippen LogP contribution is -2.42. The minimum Gasteiger partial charge on any atom is -0.508 e. The summed E-state index contributed by atoms with van der Waals surface area (Å²) in [6, 6.07) is 7.12. The molecule has 11 nitrogen and oxygen atoms in total. The van der Waals surface area contributed by atoms with Crippen molar-refractivity contribution in [2.45, 2.75) is 50.2 Å². The lowest BCUT2D eigenvalue weighted by Gasteiger charge is -2.12. The van der Waals surface area contributed by atoms with E-state index in [2.05, 4.69) is 17.2 Å². The molecule has 4 atom stereocenters. The van der Waals surface area contributed by atoms with Crippen molar-refractivity contribution in [1.82, 2.24) is 9.88 Å². The number of hydrogen-bond acceptors (Lipinski definition) is 8. The van der Waals surface area contributed by atoms with Gasteiger partial charge in [-0.3, -0.25) is 4.79 Å². The van der Waals surface area contributed by atoms with Gasteiger partial charge in [0.2, 0.25) is 12.1 Å². The van der Waals surface area contributed by atoms with Gasteiger partial charge in [0.05, 0.1) is 30.4 Å². The van der Waals surface area contributed by atoms with E-state index in [1.807, 2.05) is 0 Å². The van der Waals surface area contributed by atoms with Crippen LogP contribution in [0.5, 0.6) is 5.75 Å². The molecule has 1 aromatic carbocycles. The second-order valence-corrected chi connectivity index (χ2v) is 8.04. The summed E-state index contributed by atoms with van der Waals surface area (Å²) < 4.78 is 6.81. The maximum Gasteiger partial charge on any atom is 0.326 e. The first-order chi connectivity index (χ1) is 16.3. The Bertz CT molecular complexity index is 1060. The summed E-state index contributed by atoms with van der Waals surface area (Å²) in [6.07, 6.45) is 0.546. The molecule has 1 aliphatic rings. The number of nitrogens with zero attached hydrogens (tertiary/aromatic N) is 2. The molecule has 1 aliphatic heterocycles. The molecule has 1 aromatic heterocycles. The fourth-order valence-corrected chi connectivity index (χ4v) is 3.63. The Balaban J connectivity index is 1.47. The SMILES string of the molecule is N[C@@H](Cc1ccc(O)cc1)C(=O)NCCCC#Cc1cc([N+](=O)[O-])n([C@H]2C[C@H](O)[C@@H](CO)O2)c1. The highest BCUT2D eigenvalue weighted by Gasteiger charge is 2.39. The van der Waals surface area contributed by atoms with Crippen molar-refractivity contribution in [1.29, 1.82) is 0 Å². The number of hydrogen-bond donors (Lipinski definition) is 5. The van der Waals surface area contributed by atoms with Crippen molar-refractivity contribution >= 4 is 11.7 Å². The van der Waals surface area contributed by atoms with E-state index in [0.717, 1.165) is 5.56 Å². The van der Waals surface area contributed by atoms with Gasteiger partial charge in [-0.2, -0.15) is 0 Å². The average Bonchev–Trinajstić information content (AvgIpc) is 3.40. The molecule has 0 radical (unpaired) electrons. The number of phenolic OH excluding ortho intramolecular Hbond substituents is 1. The first-order valence-electron chi connectivity index (χ1n) is 10.9. The predicted octanol–water partition coefficient (Wildman–Crippen LogP) is 0.560. The maximum atomic E-state index is 12.1. The predicted molar refractivity (Wildman–Crippen MR) is 122 cm³/mol. The molecule has 2 heterocycles. The van der Waals surface area contributed by atoms with Gasteiger partial charge in [0.25, 0.3) is 0 Å². The van der Waals surface area contributed by atoms with Crippen LogP contribution in [0.15, 0.2) is 36.5 Å². The van der Waals surface area contributed by atoms with Crippen LogP contribution in [0.2, 0.25) is 0 Å². The number of rotatable bonds is 9. The Kier molecular flexibility index (Phi) is 8.61. The third kappa shape index (κ3) is 6.55. The highest BCUT2D eigenvalue weighted by Crippen LogP contribution is 2.33. The zero-order valence-electron chi connectivity index (χ0n) is 18.5. The third-order valence-corrected chi connectivity index (χ3v) is 5.45. The topological polar surface area (TPSA) is 173 Å². The monoisotopic (exact) mass is 472 g/mol. The lowest BCUT2D eigenvalue weighted by atomic mass is 10.1. The molecule has 2 aromatic rings. The fraction of sp³-hybridized carbons (Fsp3) is 0.435. The van der Waals surface area contributed by atoms with Gasteiger partial charge in [-0.15, -0.1) is 0 Å². The Morgan fingerprint density at radius 2 is 2.12 bits per heavy atom. The quantitative estimate of drug-likeness (QED) is 0.152. The van der Waals surface area contributed by atoms with Crippen LogP contribution >= 0.6 is 0 Å². The average molecular weight is 472 g/mol. The summed E-state index contributed by atoms with van der Waals surface area (Å²) in [6.45, 7) is 0.00590. The number of aliphatic hydroxyl groups is 2. The Morgan fingerprint density at radius 1 is 1.38 bits per heavy atom. The molecule has 0 spiro atoms. The number of phenols is 1. The molecular weight excluding hydrogens is 444 g/mol. The van der Waals surface area contributed by atoms with Crippen molar-refractivity contribution in [3.8, 4) is 17.6 Å². The zero-order valence-corrected chi connectivity index (χ0v) is 18.5. The number of ether oxygens (including phenoxy) is 1. The van der Waals surface area contributed by atoms with E-state index in [-0.39, 0.29) is 30.5 Å². The molecule has 1 fully saturated rings. The highest BCUT2D eigenvalue weighted by molar-refractivity contribution is 5.81. The van der Waals surface area contributed by atoms with Crippen molar-refractivity contribution < 1.29 is 29.8 Å². The van der Waals surface area contributed by atoms with Crippen molar-refractivity contribution in [2.24, 2.45) is 5.73 Å². The molecule has 0 saturated carbocycles. The number of carbonyl (C=O) groups is 1. The first kappa shape index (κ1) is 25.2. The number of nitrogens with one attached hydrogen (secondary N) is 1. The van der Waals surface area contributed by atoms with Crippen LogP contribution in [0, 0.1) is 22.0 Å². The minimum atomic E-state index is -0.907. The Morgan fingerprint density at radius 3 is 2.76 bits per heavy atom. The van der Waals surface area contributed by atoms with E-state index >= 15 is 0 Å². The standard InChI is InChI=1S/C23H28N4O7/c24-18(10-15-5-7-17(29)8-6-15)23(31)25-9-3-1-2-4-16-11-21(27(32)33)26(13-16)22-12-19(30)20(14-28)34-22/h5-8,11,13,18-20,22,28-30H,1,3,9-10,12,14,24H2,(H,25,31)/t18-,19-,20+,22+/m0/s1. The molecule has 182 valence electrons. The zero-order chi connectivity index (χ0) is 24.7. The number of nitrogens with two attached hydrogens (primary N) is 1. The number of aromatic nitrogens is 1. The van der Waals surface area contributed by atoms with E-state index in [4.69, 9.17) is 10.5 Å². The molecule has 11 heteroatoms. The van der Waals surface area contributed by atoms with Gasteiger partial charge < -0.3 is 41.2 Å². The van der Waals surface area contributed by atoms with E-state index in [1.165, 1.54) is 29.0 Å². The van der Waals surface area contributed by atoms with Crippen LogP contribution in [0.3, 0.4) is 0 Å². The van der Waals surface area contributed by atoms with Crippen LogP contribution in [0.25, 0.3) is 0 Å². The molecule has 0 bridgehead atoms. The molecule has 1 amide bonds. The summed E-state index contributed by atoms with van der Waals surface area (Å²) in [7, 11) is 0. The highest BCUT2D eigenvalue weighted by atomic mass is 16.6. The molecule has 6 N–H and O–H groups in total. The number of aliphatic hydroxyl groups excluding tert-OH is 2. The molecular formula is C23H28N4O7. The van der Waals surface area contributed by atoms with Gasteiger partial charge in [-0.1, -0.05) is 24.0 Å². The number of amides is 1. The Labute approximate surface area is 196 Å². The summed E-state index contributed by atoms with van der Waals surface area (Å²) in [5.74, 6) is 5.45. The fourth-order valence-electron chi connectivity index (χ4n) is 3.63. The molecule has 0 aliphatic carbocycles. The lowest BCUT2D eigenvalue weighted by molar-refractivity contribution is -0.393. The van der Waals surface area contributed by atoms with E-state index in [0.29, 0.717) is 31.4 Å². The summed E-state index contributed by atoms with van der Waals surface area (Å²) in [5, 5.41) is 42.6. The van der Waals surface area contributed by atoms with Crippen LogP contribution in [-0.4, -0.2) is 62.1 Å². The van der Waals surface area contributed by atoms with Crippen LogP contribution in [-0.2, 0) is 16.0 Å². The van der Waals surface area contributed by atoms with E-state index in [1.54, 1.807) is 12.1 Å². The largest absolute Gasteiger partial charge is 0.508 e. The minimum absolute atomic E-state index is 0.127. The molecule has 3 rings (SSSR count). The van der Waals surface area contributed by atoms with Gasteiger partial charge in [-0.05, 0) is 35.5 Å². The van der Waals surface area contributed by atoms with Crippen LogP contribution < -0.4 is 11.1 Å². The second kappa shape index (κ2) is 11.6. The van der Waals surface area contributed by atoms with Crippen LogP contribution in [0.1, 0.15) is 36.6 Å². The number of benzene rings is 1. The maximum absolute atomic E-state index is 12.1. The summed E-state index contributed by atoms with van der Waals surface area (Å²) >= 11 is 0. The summed E-state index contributed by atoms with van der Waals surface area (Å²) in [4.78, 5) is 23.0. The second-order valence-electron chi connectivity index (χ2n) is 8.04. The Hall–Kier alpha value is -3.43. The van der Waals surface area contributed by atoms with E-state index < -0.39 is 29.4 Å². The number of unbranched alkanes of at least 4 members (excludes halogenated alkanes) is 1. The van der Waals surface area contributed by atoms with Gasteiger partial charge >= 0.3 is 5.82 Å². The van der Waals surface area contributed by atoms with Gasteiger partial charge in [0.15, 0.2) is 0 Å².